The molecule has 1 aliphatic heterocycles. The quantitative estimate of drug-likeness (QED) is 0.901. The Morgan fingerprint density at radius 1 is 1.24 bits per heavy atom. The van der Waals surface area contributed by atoms with Crippen molar-refractivity contribution < 1.29 is 4.79 Å². The van der Waals surface area contributed by atoms with Gasteiger partial charge in [0.15, 0.2) is 0 Å². The first-order valence-corrected chi connectivity index (χ1v) is 9.37. The number of amides is 1. The highest BCUT2D eigenvalue weighted by atomic mass is 16.1. The third kappa shape index (κ3) is 3.33. The van der Waals surface area contributed by atoms with E-state index in [0.29, 0.717) is 11.6 Å². The van der Waals surface area contributed by atoms with Crippen molar-refractivity contribution in [3.05, 3.63) is 52.6 Å². The van der Waals surface area contributed by atoms with Gasteiger partial charge in [-0.1, -0.05) is 12.1 Å². The van der Waals surface area contributed by atoms with E-state index in [0.717, 1.165) is 31.8 Å². The number of likely N-dealkylation sites (tertiary alicyclic amines) is 1. The lowest BCUT2D eigenvalue weighted by molar-refractivity contribution is 0.0963. The van der Waals surface area contributed by atoms with E-state index in [4.69, 9.17) is 4.98 Å². The number of aromatic nitrogens is 2. The fraction of sp³-hybridized carbons (Fsp3) is 0.500. The molecule has 1 amide bonds. The fourth-order valence-electron chi connectivity index (χ4n) is 4.10. The topological polar surface area (TPSA) is 61.0 Å². The van der Waals surface area contributed by atoms with Crippen LogP contribution in [0.25, 0.3) is 0 Å². The Labute approximate surface area is 148 Å². The monoisotopic (exact) mass is 338 g/mol. The van der Waals surface area contributed by atoms with Crippen molar-refractivity contribution >= 4 is 5.91 Å². The molecule has 0 saturated carbocycles. The predicted molar refractivity (Wildman–Crippen MR) is 97.4 cm³/mol. The van der Waals surface area contributed by atoms with Crippen LogP contribution in [0.2, 0.25) is 0 Å². The Bertz CT molecular complexity index is 726. The standard InChI is InChI=1S/C20H26N4O/c1-21-20(25)15-10-8-14(9-11-15)13-24-12-4-7-18(24)19-22-16-5-2-3-6-17(16)23-19/h8-11,18H,2-7,12-13H2,1H3,(H,21,25)(H,22,23)/t18-/m0/s1. The molecule has 2 aliphatic rings. The van der Waals surface area contributed by atoms with Gasteiger partial charge in [0.05, 0.1) is 11.7 Å². The fourth-order valence-corrected chi connectivity index (χ4v) is 4.10. The largest absolute Gasteiger partial charge is 0.355 e. The Kier molecular flexibility index (Phi) is 4.57. The van der Waals surface area contributed by atoms with E-state index in [1.807, 2.05) is 12.1 Å². The maximum atomic E-state index is 11.7. The zero-order chi connectivity index (χ0) is 17.2. The van der Waals surface area contributed by atoms with Crippen molar-refractivity contribution in [2.24, 2.45) is 0 Å². The lowest BCUT2D eigenvalue weighted by atomic mass is 10.0. The SMILES string of the molecule is CNC(=O)c1ccc(CN2CCC[C@H]2c2nc3c([nH]2)CCCC3)cc1. The van der Waals surface area contributed by atoms with Gasteiger partial charge >= 0.3 is 0 Å². The van der Waals surface area contributed by atoms with Gasteiger partial charge in [-0.25, -0.2) is 4.98 Å². The second-order valence-corrected chi connectivity index (χ2v) is 7.16. The number of aromatic amines is 1. The number of rotatable bonds is 4. The molecule has 2 heterocycles. The molecular weight excluding hydrogens is 312 g/mol. The zero-order valence-electron chi connectivity index (χ0n) is 14.8. The van der Waals surface area contributed by atoms with Crippen LogP contribution >= 0.6 is 0 Å². The summed E-state index contributed by atoms with van der Waals surface area (Å²) in [4.78, 5) is 22.7. The minimum absolute atomic E-state index is 0.0354. The van der Waals surface area contributed by atoms with Gasteiger partial charge < -0.3 is 10.3 Å². The van der Waals surface area contributed by atoms with Gasteiger partial charge in [0, 0.05) is 24.8 Å². The van der Waals surface area contributed by atoms with Crippen molar-refractivity contribution in [2.75, 3.05) is 13.6 Å². The van der Waals surface area contributed by atoms with Gasteiger partial charge in [0.2, 0.25) is 0 Å². The Balaban J connectivity index is 1.48. The van der Waals surface area contributed by atoms with Crippen LogP contribution in [0.3, 0.4) is 0 Å². The highest BCUT2D eigenvalue weighted by Gasteiger charge is 2.29. The molecular formula is C20H26N4O. The first kappa shape index (κ1) is 16.3. The number of nitrogens with zero attached hydrogens (tertiary/aromatic N) is 2. The molecule has 5 heteroatoms. The molecule has 0 spiro atoms. The molecule has 1 aliphatic carbocycles. The second kappa shape index (κ2) is 7.00. The van der Waals surface area contributed by atoms with Crippen LogP contribution in [0.1, 0.15) is 64.9 Å². The van der Waals surface area contributed by atoms with Gasteiger partial charge in [0.25, 0.3) is 5.91 Å². The molecule has 1 aromatic heterocycles. The summed E-state index contributed by atoms with van der Waals surface area (Å²) in [5, 5.41) is 2.66. The van der Waals surface area contributed by atoms with Crippen LogP contribution in [0, 0.1) is 0 Å². The van der Waals surface area contributed by atoms with Crippen molar-refractivity contribution in [3.8, 4) is 0 Å². The van der Waals surface area contributed by atoms with Gasteiger partial charge in [-0.2, -0.15) is 0 Å². The number of hydrogen-bond donors (Lipinski definition) is 2. The molecule has 2 aromatic rings. The Morgan fingerprint density at radius 2 is 2.04 bits per heavy atom. The van der Waals surface area contributed by atoms with Crippen LogP contribution in [0.4, 0.5) is 0 Å². The summed E-state index contributed by atoms with van der Waals surface area (Å²) in [6.45, 7) is 2.01. The number of fused-ring (bicyclic) bond motifs is 1. The van der Waals surface area contributed by atoms with E-state index in [2.05, 4.69) is 27.3 Å². The van der Waals surface area contributed by atoms with E-state index in [1.165, 1.54) is 42.6 Å². The number of nitrogens with one attached hydrogen (secondary N) is 2. The molecule has 5 nitrogen and oxygen atoms in total. The molecule has 25 heavy (non-hydrogen) atoms. The summed E-state index contributed by atoms with van der Waals surface area (Å²) in [6, 6.07) is 8.33. The molecule has 1 saturated heterocycles. The van der Waals surface area contributed by atoms with E-state index in [1.54, 1.807) is 7.05 Å². The number of carbonyl (C=O) groups excluding carboxylic acids is 1. The highest BCUT2D eigenvalue weighted by Crippen LogP contribution is 2.33. The molecule has 2 N–H and O–H groups in total. The molecule has 0 radical (unpaired) electrons. The summed E-state index contributed by atoms with van der Waals surface area (Å²) >= 11 is 0. The molecule has 1 aromatic carbocycles. The van der Waals surface area contributed by atoms with E-state index < -0.39 is 0 Å². The first-order valence-electron chi connectivity index (χ1n) is 9.37. The molecule has 0 bridgehead atoms. The van der Waals surface area contributed by atoms with Crippen molar-refractivity contribution in [1.29, 1.82) is 0 Å². The van der Waals surface area contributed by atoms with E-state index in [9.17, 15) is 4.79 Å². The van der Waals surface area contributed by atoms with Gasteiger partial charge in [0.1, 0.15) is 5.82 Å². The summed E-state index contributed by atoms with van der Waals surface area (Å²) in [7, 11) is 1.66. The summed E-state index contributed by atoms with van der Waals surface area (Å²) in [6.07, 6.45) is 7.20. The maximum absolute atomic E-state index is 11.7. The number of imidazole rings is 1. The average molecular weight is 338 g/mol. The first-order chi connectivity index (χ1) is 12.2. The summed E-state index contributed by atoms with van der Waals surface area (Å²) in [5.41, 5.74) is 4.62. The van der Waals surface area contributed by atoms with Crippen LogP contribution in [0.5, 0.6) is 0 Å². The Hall–Kier alpha value is -2.14. The molecule has 1 fully saturated rings. The van der Waals surface area contributed by atoms with Crippen LogP contribution in [0.15, 0.2) is 24.3 Å². The lowest BCUT2D eigenvalue weighted by Gasteiger charge is -2.23. The summed E-state index contributed by atoms with van der Waals surface area (Å²) in [5.74, 6) is 1.12. The van der Waals surface area contributed by atoms with E-state index >= 15 is 0 Å². The van der Waals surface area contributed by atoms with Gasteiger partial charge in [-0.05, 0) is 62.8 Å². The third-order valence-corrected chi connectivity index (χ3v) is 5.48. The summed E-state index contributed by atoms with van der Waals surface area (Å²) < 4.78 is 0. The molecule has 1 atom stereocenters. The number of carbonyl (C=O) groups is 1. The van der Waals surface area contributed by atoms with Crippen molar-refractivity contribution in [2.45, 2.75) is 51.1 Å². The number of benzene rings is 1. The maximum Gasteiger partial charge on any atom is 0.251 e. The van der Waals surface area contributed by atoms with Gasteiger partial charge in [-0.15, -0.1) is 0 Å². The molecule has 0 unspecified atom stereocenters. The minimum atomic E-state index is -0.0354. The lowest BCUT2D eigenvalue weighted by Crippen LogP contribution is -2.24. The normalized spacial score (nSPS) is 20.4. The molecule has 4 rings (SSSR count). The minimum Gasteiger partial charge on any atom is -0.355 e. The van der Waals surface area contributed by atoms with Crippen molar-refractivity contribution in [1.82, 2.24) is 20.2 Å². The predicted octanol–water partition coefficient (Wildman–Crippen LogP) is 2.99. The van der Waals surface area contributed by atoms with Gasteiger partial charge in [-0.3, -0.25) is 9.69 Å². The van der Waals surface area contributed by atoms with E-state index in [-0.39, 0.29) is 5.91 Å². The van der Waals surface area contributed by atoms with Crippen LogP contribution in [-0.2, 0) is 19.4 Å². The zero-order valence-corrected chi connectivity index (χ0v) is 14.8. The number of aryl methyl sites for hydroxylation is 2. The second-order valence-electron chi connectivity index (χ2n) is 7.16. The third-order valence-electron chi connectivity index (χ3n) is 5.48. The number of H-pyrrole nitrogens is 1. The van der Waals surface area contributed by atoms with Crippen LogP contribution in [-0.4, -0.2) is 34.4 Å². The highest BCUT2D eigenvalue weighted by molar-refractivity contribution is 5.93. The number of hydrogen-bond acceptors (Lipinski definition) is 3. The smallest absolute Gasteiger partial charge is 0.251 e. The average Bonchev–Trinajstić information content (AvgIpc) is 3.27. The Morgan fingerprint density at radius 3 is 2.80 bits per heavy atom. The van der Waals surface area contributed by atoms with Crippen LogP contribution < -0.4 is 5.32 Å². The molecule has 132 valence electrons. The van der Waals surface area contributed by atoms with Crippen molar-refractivity contribution in [3.63, 3.8) is 0 Å².